The van der Waals surface area contributed by atoms with Gasteiger partial charge in [-0.05, 0) is 12.6 Å². The van der Waals surface area contributed by atoms with E-state index in [0.717, 1.165) is 11.5 Å². The third-order valence-electron chi connectivity index (χ3n) is 3.78. The standard InChI is InChI=1S/C14H23N3O3S/c1-4-17(12-8-21(19,20)9-13(12)18)7-11-5-6-15-14(16-11)10(2)3/h5-6,10,12-13,18H,4,7-9H2,1-3H3/t12-,13-/m0/s1. The summed E-state index contributed by atoms with van der Waals surface area (Å²) in [6.07, 6.45) is 0.911. The molecule has 1 aromatic rings. The Morgan fingerprint density at radius 2 is 2.14 bits per heavy atom. The summed E-state index contributed by atoms with van der Waals surface area (Å²) in [7, 11) is -3.14. The normalized spacial score (nSPS) is 24.9. The molecule has 1 aromatic heterocycles. The van der Waals surface area contributed by atoms with Crippen molar-refractivity contribution in [2.75, 3.05) is 18.1 Å². The van der Waals surface area contributed by atoms with Crippen molar-refractivity contribution in [2.24, 2.45) is 0 Å². The molecule has 0 bridgehead atoms. The van der Waals surface area contributed by atoms with Crippen LogP contribution in [-0.4, -0.2) is 58.6 Å². The second kappa shape index (κ2) is 6.37. The highest BCUT2D eigenvalue weighted by atomic mass is 32.2. The van der Waals surface area contributed by atoms with Crippen LogP contribution in [-0.2, 0) is 16.4 Å². The molecule has 21 heavy (non-hydrogen) atoms. The van der Waals surface area contributed by atoms with E-state index in [1.54, 1.807) is 6.20 Å². The van der Waals surface area contributed by atoms with Crippen LogP contribution in [0.3, 0.4) is 0 Å². The van der Waals surface area contributed by atoms with Crippen molar-refractivity contribution in [3.63, 3.8) is 0 Å². The summed E-state index contributed by atoms with van der Waals surface area (Å²) in [6.45, 7) is 7.21. The molecule has 2 rings (SSSR count). The van der Waals surface area contributed by atoms with E-state index in [-0.39, 0.29) is 23.5 Å². The van der Waals surface area contributed by atoms with Gasteiger partial charge >= 0.3 is 0 Å². The topological polar surface area (TPSA) is 83.4 Å². The number of nitrogens with zero attached hydrogens (tertiary/aromatic N) is 3. The Balaban J connectivity index is 2.14. The van der Waals surface area contributed by atoms with Crippen LogP contribution >= 0.6 is 0 Å². The Kier molecular flexibility index (Phi) is 4.95. The van der Waals surface area contributed by atoms with Crippen molar-refractivity contribution in [3.05, 3.63) is 23.8 Å². The maximum Gasteiger partial charge on any atom is 0.154 e. The van der Waals surface area contributed by atoms with Gasteiger partial charge in [-0.15, -0.1) is 0 Å². The zero-order valence-electron chi connectivity index (χ0n) is 12.7. The summed E-state index contributed by atoms with van der Waals surface area (Å²) in [5, 5.41) is 9.99. The molecule has 0 spiro atoms. The first kappa shape index (κ1) is 16.3. The summed E-state index contributed by atoms with van der Waals surface area (Å²) < 4.78 is 23.3. The largest absolute Gasteiger partial charge is 0.390 e. The molecule has 0 amide bonds. The van der Waals surface area contributed by atoms with Gasteiger partial charge in [-0.2, -0.15) is 0 Å². The Morgan fingerprint density at radius 3 is 2.67 bits per heavy atom. The van der Waals surface area contributed by atoms with Gasteiger partial charge in [0.15, 0.2) is 9.84 Å². The fraction of sp³-hybridized carbons (Fsp3) is 0.714. The van der Waals surface area contributed by atoms with Crippen molar-refractivity contribution < 1.29 is 13.5 Å². The van der Waals surface area contributed by atoms with E-state index in [1.165, 1.54) is 0 Å². The first-order valence-corrected chi connectivity index (χ1v) is 9.09. The number of sulfone groups is 1. The van der Waals surface area contributed by atoms with Gasteiger partial charge in [-0.1, -0.05) is 20.8 Å². The molecule has 6 nitrogen and oxygen atoms in total. The molecule has 118 valence electrons. The monoisotopic (exact) mass is 313 g/mol. The van der Waals surface area contributed by atoms with Crippen molar-refractivity contribution in [1.82, 2.24) is 14.9 Å². The third-order valence-corrected chi connectivity index (χ3v) is 5.48. The van der Waals surface area contributed by atoms with Crippen LogP contribution in [0.1, 0.15) is 38.2 Å². The van der Waals surface area contributed by atoms with E-state index in [0.29, 0.717) is 13.1 Å². The molecule has 1 aliphatic rings. The number of aliphatic hydroxyl groups excluding tert-OH is 1. The summed E-state index contributed by atoms with van der Waals surface area (Å²) in [6, 6.07) is 1.49. The number of aliphatic hydroxyl groups is 1. The van der Waals surface area contributed by atoms with Crippen LogP contribution in [0, 0.1) is 0 Å². The highest BCUT2D eigenvalue weighted by Gasteiger charge is 2.39. The third kappa shape index (κ3) is 3.99. The molecule has 2 heterocycles. The quantitative estimate of drug-likeness (QED) is 0.856. The lowest BCUT2D eigenvalue weighted by Crippen LogP contribution is -2.42. The smallest absolute Gasteiger partial charge is 0.154 e. The lowest BCUT2D eigenvalue weighted by Gasteiger charge is -2.28. The Morgan fingerprint density at radius 1 is 1.43 bits per heavy atom. The molecular weight excluding hydrogens is 290 g/mol. The molecule has 0 saturated carbocycles. The average molecular weight is 313 g/mol. The van der Waals surface area contributed by atoms with Crippen LogP contribution in [0.25, 0.3) is 0 Å². The van der Waals surface area contributed by atoms with E-state index in [1.807, 2.05) is 31.7 Å². The molecule has 1 saturated heterocycles. The molecular formula is C14H23N3O3S. The molecule has 1 fully saturated rings. The second-order valence-corrected chi connectivity index (χ2v) is 7.99. The first-order chi connectivity index (χ1) is 9.82. The molecule has 0 unspecified atom stereocenters. The zero-order valence-corrected chi connectivity index (χ0v) is 13.5. The minimum Gasteiger partial charge on any atom is -0.390 e. The Hall–Kier alpha value is -1.05. The van der Waals surface area contributed by atoms with Crippen LogP contribution in [0.2, 0.25) is 0 Å². The zero-order chi connectivity index (χ0) is 15.6. The van der Waals surface area contributed by atoms with E-state index in [4.69, 9.17) is 0 Å². The second-order valence-electron chi connectivity index (χ2n) is 5.84. The van der Waals surface area contributed by atoms with Gasteiger partial charge in [0.25, 0.3) is 0 Å². The van der Waals surface area contributed by atoms with E-state index >= 15 is 0 Å². The lowest BCUT2D eigenvalue weighted by molar-refractivity contribution is 0.0810. The summed E-state index contributed by atoms with van der Waals surface area (Å²) >= 11 is 0. The van der Waals surface area contributed by atoms with Crippen LogP contribution in [0.15, 0.2) is 12.3 Å². The maximum atomic E-state index is 11.7. The summed E-state index contributed by atoms with van der Waals surface area (Å²) in [5.41, 5.74) is 0.854. The fourth-order valence-electron chi connectivity index (χ4n) is 2.61. The van der Waals surface area contributed by atoms with E-state index in [9.17, 15) is 13.5 Å². The molecule has 1 N–H and O–H groups in total. The predicted octanol–water partition coefficient (Wildman–Crippen LogP) is 0.580. The maximum absolute atomic E-state index is 11.7. The minimum absolute atomic E-state index is 0.0180. The molecule has 0 aromatic carbocycles. The molecule has 2 atom stereocenters. The minimum atomic E-state index is -3.14. The first-order valence-electron chi connectivity index (χ1n) is 7.26. The van der Waals surface area contributed by atoms with Gasteiger partial charge in [0.2, 0.25) is 0 Å². The number of hydrogen-bond donors (Lipinski definition) is 1. The predicted molar refractivity (Wildman–Crippen MR) is 80.7 cm³/mol. The summed E-state index contributed by atoms with van der Waals surface area (Å²) in [5.74, 6) is 0.903. The number of aromatic nitrogens is 2. The average Bonchev–Trinajstić information content (AvgIpc) is 2.69. The van der Waals surface area contributed by atoms with Crippen molar-refractivity contribution in [3.8, 4) is 0 Å². The van der Waals surface area contributed by atoms with Gasteiger partial charge in [-0.25, -0.2) is 18.4 Å². The van der Waals surface area contributed by atoms with E-state index in [2.05, 4.69) is 9.97 Å². The number of likely N-dealkylation sites (N-methyl/N-ethyl adjacent to an activating group) is 1. The highest BCUT2D eigenvalue weighted by Crippen LogP contribution is 2.20. The summed E-state index contributed by atoms with van der Waals surface area (Å²) in [4.78, 5) is 10.7. The van der Waals surface area contributed by atoms with E-state index < -0.39 is 15.9 Å². The van der Waals surface area contributed by atoms with Gasteiger partial charge in [-0.3, -0.25) is 4.90 Å². The highest BCUT2D eigenvalue weighted by molar-refractivity contribution is 7.91. The lowest BCUT2D eigenvalue weighted by atomic mass is 10.1. The van der Waals surface area contributed by atoms with Crippen molar-refractivity contribution in [1.29, 1.82) is 0 Å². The van der Waals surface area contributed by atoms with Crippen LogP contribution in [0.5, 0.6) is 0 Å². The molecule has 0 aliphatic carbocycles. The number of hydrogen-bond acceptors (Lipinski definition) is 6. The Bertz CT molecular complexity index is 589. The fourth-order valence-corrected chi connectivity index (χ4v) is 4.44. The Labute approximate surface area is 126 Å². The van der Waals surface area contributed by atoms with Gasteiger partial charge in [0.05, 0.1) is 29.3 Å². The van der Waals surface area contributed by atoms with Gasteiger partial charge < -0.3 is 5.11 Å². The van der Waals surface area contributed by atoms with Crippen LogP contribution < -0.4 is 0 Å². The van der Waals surface area contributed by atoms with Crippen molar-refractivity contribution >= 4 is 9.84 Å². The van der Waals surface area contributed by atoms with Gasteiger partial charge in [0.1, 0.15) is 5.82 Å². The number of rotatable bonds is 5. The van der Waals surface area contributed by atoms with Gasteiger partial charge in [0, 0.05) is 18.7 Å². The van der Waals surface area contributed by atoms with Crippen molar-refractivity contribution in [2.45, 2.75) is 45.4 Å². The molecule has 1 aliphatic heterocycles. The SMILES string of the molecule is CCN(Cc1ccnc(C(C)C)n1)[C@H]1CS(=O)(=O)C[C@@H]1O. The van der Waals surface area contributed by atoms with Crippen LogP contribution in [0.4, 0.5) is 0 Å². The molecule has 0 radical (unpaired) electrons. The molecule has 7 heteroatoms.